The summed E-state index contributed by atoms with van der Waals surface area (Å²) in [7, 11) is 2.28. The highest BCUT2D eigenvalue weighted by Gasteiger charge is 2.17. The molecule has 0 spiro atoms. The summed E-state index contributed by atoms with van der Waals surface area (Å²) in [5, 5.41) is 2.33. The van der Waals surface area contributed by atoms with Gasteiger partial charge in [-0.1, -0.05) is 0 Å². The number of rotatable bonds is 6. The van der Waals surface area contributed by atoms with E-state index in [1.807, 2.05) is 0 Å². The van der Waals surface area contributed by atoms with Gasteiger partial charge in [-0.2, -0.15) is 0 Å². The second-order valence-electron chi connectivity index (χ2n) is 5.53. The molecule has 2 rings (SSSR count). The van der Waals surface area contributed by atoms with Gasteiger partial charge in [0.2, 0.25) is 0 Å². The van der Waals surface area contributed by atoms with Crippen LogP contribution in [0, 0.1) is 11.6 Å². The molecule has 2 aromatic carbocycles. The van der Waals surface area contributed by atoms with Crippen LogP contribution in [-0.2, 0) is 19.0 Å². The third kappa shape index (κ3) is 5.58. The third-order valence-corrected chi connectivity index (χ3v) is 3.54. The Hall–Kier alpha value is -3.82. The molecule has 2 aromatic rings. The fraction of sp³-hybridized carbons (Fsp3) is 0.158. The van der Waals surface area contributed by atoms with E-state index in [0.29, 0.717) is 6.07 Å². The number of carbonyl (C=O) groups is 4. The normalized spacial score (nSPS) is 10.1. The highest BCUT2D eigenvalue weighted by Crippen LogP contribution is 2.17. The molecule has 1 N–H and O–H groups in total. The number of carbonyl (C=O) groups excluding carboxylic acids is 4. The molecule has 0 heterocycles. The van der Waals surface area contributed by atoms with Crippen molar-refractivity contribution in [3.05, 3.63) is 64.7 Å². The second-order valence-corrected chi connectivity index (χ2v) is 5.53. The zero-order valence-electron chi connectivity index (χ0n) is 15.3. The highest BCUT2D eigenvalue weighted by atomic mass is 19.1. The lowest BCUT2D eigenvalue weighted by atomic mass is 10.1. The lowest BCUT2D eigenvalue weighted by Gasteiger charge is -2.10. The Labute approximate surface area is 163 Å². The molecule has 0 aliphatic heterocycles. The molecule has 0 aromatic heterocycles. The third-order valence-electron chi connectivity index (χ3n) is 3.54. The SMILES string of the molecule is COC(=O)c1cc(NC(=O)COC(=O)c2ccc(F)cc2F)cc(C(=O)OC)c1. The lowest BCUT2D eigenvalue weighted by molar-refractivity contribution is -0.119. The summed E-state index contributed by atoms with van der Waals surface area (Å²) in [6.45, 7) is -0.800. The van der Waals surface area contributed by atoms with Crippen molar-refractivity contribution in [2.45, 2.75) is 0 Å². The zero-order valence-corrected chi connectivity index (χ0v) is 15.3. The Morgan fingerprint density at radius 1 is 0.862 bits per heavy atom. The van der Waals surface area contributed by atoms with Crippen molar-refractivity contribution in [3.8, 4) is 0 Å². The van der Waals surface area contributed by atoms with Crippen molar-refractivity contribution in [2.24, 2.45) is 0 Å². The molecule has 8 nitrogen and oxygen atoms in total. The maximum atomic E-state index is 13.6. The van der Waals surface area contributed by atoms with Gasteiger partial charge in [-0.25, -0.2) is 23.2 Å². The maximum Gasteiger partial charge on any atom is 0.341 e. The number of amides is 1. The average Bonchev–Trinajstić information content (AvgIpc) is 2.70. The van der Waals surface area contributed by atoms with E-state index in [4.69, 9.17) is 0 Å². The first-order valence-electron chi connectivity index (χ1n) is 7.99. The number of anilines is 1. The van der Waals surface area contributed by atoms with Crippen LogP contribution in [0.25, 0.3) is 0 Å². The number of halogens is 2. The van der Waals surface area contributed by atoms with Crippen LogP contribution in [-0.4, -0.2) is 44.6 Å². The number of ether oxygens (including phenoxy) is 3. The number of methoxy groups -OCH3 is 2. The number of esters is 3. The van der Waals surface area contributed by atoms with Gasteiger partial charge in [0.1, 0.15) is 11.6 Å². The molecule has 152 valence electrons. The maximum absolute atomic E-state index is 13.6. The van der Waals surface area contributed by atoms with Crippen molar-refractivity contribution < 1.29 is 42.2 Å². The molecule has 10 heteroatoms. The Bertz CT molecular complexity index is 941. The van der Waals surface area contributed by atoms with Crippen LogP contribution in [0.2, 0.25) is 0 Å². The van der Waals surface area contributed by atoms with Gasteiger partial charge in [-0.15, -0.1) is 0 Å². The molecule has 0 radical (unpaired) electrons. The van der Waals surface area contributed by atoms with Gasteiger partial charge in [-0.3, -0.25) is 4.79 Å². The van der Waals surface area contributed by atoms with Crippen molar-refractivity contribution >= 4 is 29.5 Å². The molecule has 0 atom stereocenters. The van der Waals surface area contributed by atoms with E-state index in [-0.39, 0.29) is 16.8 Å². The van der Waals surface area contributed by atoms with E-state index in [9.17, 15) is 28.0 Å². The van der Waals surface area contributed by atoms with Gasteiger partial charge in [0, 0.05) is 11.8 Å². The summed E-state index contributed by atoms with van der Waals surface area (Å²) in [6.07, 6.45) is 0. The second kappa shape index (κ2) is 9.40. The van der Waals surface area contributed by atoms with E-state index in [1.165, 1.54) is 18.2 Å². The Balaban J connectivity index is 2.10. The molecule has 0 aliphatic rings. The average molecular weight is 407 g/mol. The molecule has 0 bridgehead atoms. The number of benzene rings is 2. The summed E-state index contributed by atoms with van der Waals surface area (Å²) in [4.78, 5) is 47.3. The van der Waals surface area contributed by atoms with E-state index >= 15 is 0 Å². The van der Waals surface area contributed by atoms with Crippen LogP contribution >= 0.6 is 0 Å². The largest absolute Gasteiger partial charge is 0.465 e. The van der Waals surface area contributed by atoms with Crippen LogP contribution < -0.4 is 5.32 Å². The summed E-state index contributed by atoms with van der Waals surface area (Å²) < 4.78 is 40.3. The molecule has 0 aliphatic carbocycles. The molecule has 0 saturated heterocycles. The van der Waals surface area contributed by atoms with E-state index in [2.05, 4.69) is 19.5 Å². The lowest BCUT2D eigenvalue weighted by Crippen LogP contribution is -2.22. The van der Waals surface area contributed by atoms with E-state index in [0.717, 1.165) is 26.4 Å². The van der Waals surface area contributed by atoms with Gasteiger partial charge in [0.15, 0.2) is 6.61 Å². The number of nitrogens with one attached hydrogen (secondary N) is 1. The Morgan fingerprint density at radius 2 is 1.45 bits per heavy atom. The smallest absolute Gasteiger partial charge is 0.341 e. The minimum atomic E-state index is -1.17. The summed E-state index contributed by atoms with van der Waals surface area (Å²) in [6, 6.07) is 5.93. The Kier molecular flexibility index (Phi) is 6.96. The quantitative estimate of drug-likeness (QED) is 0.578. The topological polar surface area (TPSA) is 108 Å². The first-order valence-corrected chi connectivity index (χ1v) is 7.99. The van der Waals surface area contributed by atoms with E-state index < -0.39 is 47.6 Å². The molecule has 0 fully saturated rings. The molecule has 1 amide bonds. The van der Waals surface area contributed by atoms with E-state index in [1.54, 1.807) is 0 Å². The summed E-state index contributed by atoms with van der Waals surface area (Å²) >= 11 is 0. The molecule has 29 heavy (non-hydrogen) atoms. The summed E-state index contributed by atoms with van der Waals surface area (Å²) in [5.41, 5.74) is -0.575. The molecule has 0 saturated carbocycles. The fourth-order valence-corrected chi connectivity index (χ4v) is 2.23. The molecular formula is C19H15F2NO7. The predicted molar refractivity (Wildman–Crippen MR) is 94.4 cm³/mol. The van der Waals surface area contributed by atoms with Crippen molar-refractivity contribution in [2.75, 3.05) is 26.1 Å². The van der Waals surface area contributed by atoms with Crippen molar-refractivity contribution in [3.63, 3.8) is 0 Å². The highest BCUT2D eigenvalue weighted by molar-refractivity contribution is 6.00. The van der Waals surface area contributed by atoms with Crippen LogP contribution in [0.5, 0.6) is 0 Å². The van der Waals surface area contributed by atoms with Crippen LogP contribution in [0.1, 0.15) is 31.1 Å². The predicted octanol–water partition coefficient (Wildman–Crippen LogP) is 2.33. The molecule has 0 unspecified atom stereocenters. The molecular weight excluding hydrogens is 392 g/mol. The minimum Gasteiger partial charge on any atom is -0.465 e. The van der Waals surface area contributed by atoms with Gasteiger partial charge >= 0.3 is 17.9 Å². The van der Waals surface area contributed by atoms with Crippen LogP contribution in [0.3, 0.4) is 0 Å². The zero-order chi connectivity index (χ0) is 21.6. The first-order chi connectivity index (χ1) is 13.7. The first kappa shape index (κ1) is 21.5. The Morgan fingerprint density at radius 3 is 1.97 bits per heavy atom. The van der Waals surface area contributed by atoms with Gasteiger partial charge in [-0.05, 0) is 30.3 Å². The van der Waals surface area contributed by atoms with Crippen molar-refractivity contribution in [1.29, 1.82) is 0 Å². The summed E-state index contributed by atoms with van der Waals surface area (Å²) in [5.74, 6) is -5.53. The van der Waals surface area contributed by atoms with Crippen LogP contribution in [0.15, 0.2) is 36.4 Å². The van der Waals surface area contributed by atoms with Gasteiger partial charge in [0.25, 0.3) is 5.91 Å². The monoisotopic (exact) mass is 407 g/mol. The van der Waals surface area contributed by atoms with Gasteiger partial charge < -0.3 is 19.5 Å². The number of hydrogen-bond acceptors (Lipinski definition) is 7. The standard InChI is InChI=1S/C19H15F2NO7/c1-27-17(24)10-5-11(18(25)28-2)7-13(6-10)22-16(23)9-29-19(26)14-4-3-12(20)8-15(14)21/h3-8H,9H2,1-2H3,(H,22,23). The fourth-order valence-electron chi connectivity index (χ4n) is 2.23. The number of hydrogen-bond donors (Lipinski definition) is 1. The van der Waals surface area contributed by atoms with Crippen molar-refractivity contribution in [1.82, 2.24) is 0 Å². The van der Waals surface area contributed by atoms with Crippen LogP contribution in [0.4, 0.5) is 14.5 Å². The minimum absolute atomic E-state index is 0.0299. The van der Waals surface area contributed by atoms with Gasteiger partial charge in [0.05, 0.1) is 30.9 Å².